The van der Waals surface area contributed by atoms with E-state index in [-0.39, 0.29) is 5.97 Å². The van der Waals surface area contributed by atoms with Gasteiger partial charge in [0.2, 0.25) is 0 Å². The number of hydrogen-bond donors (Lipinski definition) is 1. The van der Waals surface area contributed by atoms with Crippen molar-refractivity contribution in [2.45, 2.75) is 19.8 Å². The van der Waals surface area contributed by atoms with Crippen LogP contribution in [0.2, 0.25) is 0 Å². The molecule has 1 unspecified atom stereocenters. The normalized spacial score (nSPS) is 12.2. The van der Waals surface area contributed by atoms with Crippen LogP contribution in [0, 0.1) is 6.92 Å². The number of aromatic nitrogens is 2. The smallest absolute Gasteiger partial charge is 0.350 e. The van der Waals surface area contributed by atoms with Crippen LogP contribution in [-0.4, -0.2) is 29.6 Å². The van der Waals surface area contributed by atoms with Gasteiger partial charge < -0.3 is 10.1 Å². The summed E-state index contributed by atoms with van der Waals surface area (Å²) in [6.07, 6.45) is 1.80. The molecule has 2 rings (SSSR count). The molecule has 0 fully saturated rings. The molecule has 2 heterocycles. The molecular formula is C12H15N3O2S2. The van der Waals surface area contributed by atoms with Crippen LogP contribution >= 0.6 is 22.7 Å². The molecule has 19 heavy (non-hydrogen) atoms. The maximum Gasteiger partial charge on any atom is 0.350 e. The molecule has 0 aliphatic carbocycles. The SMILES string of the molecule is COC(=O)c1sc(NCC(C)c2nccs2)nc1C. The van der Waals surface area contributed by atoms with E-state index in [4.69, 9.17) is 4.74 Å². The van der Waals surface area contributed by atoms with Gasteiger partial charge in [-0.25, -0.2) is 14.8 Å². The standard InChI is InChI=1S/C12H15N3O2S2/c1-7(10-13-4-5-18-10)6-14-12-15-8(2)9(19-12)11(16)17-3/h4-5,7H,6H2,1-3H3,(H,14,15). The summed E-state index contributed by atoms with van der Waals surface area (Å²) in [5.41, 5.74) is 0.696. The molecule has 5 nitrogen and oxygen atoms in total. The third-order valence-corrected chi connectivity index (χ3v) is 4.70. The number of methoxy groups -OCH3 is 1. The number of esters is 1. The monoisotopic (exact) mass is 297 g/mol. The van der Waals surface area contributed by atoms with Gasteiger partial charge in [0, 0.05) is 24.0 Å². The van der Waals surface area contributed by atoms with E-state index in [1.165, 1.54) is 18.4 Å². The van der Waals surface area contributed by atoms with Crippen molar-refractivity contribution in [1.82, 2.24) is 9.97 Å². The Hall–Kier alpha value is -1.47. The van der Waals surface area contributed by atoms with Crippen molar-refractivity contribution in [2.24, 2.45) is 0 Å². The van der Waals surface area contributed by atoms with Crippen LogP contribution in [0.25, 0.3) is 0 Å². The summed E-state index contributed by atoms with van der Waals surface area (Å²) in [6.45, 7) is 4.65. The van der Waals surface area contributed by atoms with Crippen LogP contribution in [0.5, 0.6) is 0 Å². The summed E-state index contributed by atoms with van der Waals surface area (Å²) in [6, 6.07) is 0. The summed E-state index contributed by atoms with van der Waals surface area (Å²) >= 11 is 2.96. The molecular weight excluding hydrogens is 282 g/mol. The highest BCUT2D eigenvalue weighted by Gasteiger charge is 2.16. The van der Waals surface area contributed by atoms with Crippen LogP contribution in [0.3, 0.4) is 0 Å². The number of rotatable bonds is 5. The number of aryl methyl sites for hydroxylation is 1. The second-order valence-corrected chi connectivity index (χ2v) is 6.00. The van der Waals surface area contributed by atoms with Crippen molar-refractivity contribution < 1.29 is 9.53 Å². The van der Waals surface area contributed by atoms with Gasteiger partial charge in [-0.05, 0) is 6.92 Å². The third-order valence-electron chi connectivity index (χ3n) is 2.60. The molecule has 1 N–H and O–H groups in total. The van der Waals surface area contributed by atoms with Crippen molar-refractivity contribution >= 4 is 33.8 Å². The van der Waals surface area contributed by atoms with E-state index < -0.39 is 0 Å². The Morgan fingerprint density at radius 2 is 2.37 bits per heavy atom. The zero-order chi connectivity index (χ0) is 13.8. The minimum Gasteiger partial charge on any atom is -0.465 e. The fraction of sp³-hybridized carbons (Fsp3) is 0.417. The minimum absolute atomic E-state index is 0.311. The highest BCUT2D eigenvalue weighted by molar-refractivity contribution is 7.17. The number of ether oxygens (including phenoxy) is 1. The number of thiazole rings is 2. The zero-order valence-corrected chi connectivity index (χ0v) is 12.6. The summed E-state index contributed by atoms with van der Waals surface area (Å²) < 4.78 is 4.71. The van der Waals surface area contributed by atoms with Crippen molar-refractivity contribution in [2.75, 3.05) is 19.0 Å². The van der Waals surface area contributed by atoms with E-state index in [2.05, 4.69) is 22.2 Å². The lowest BCUT2D eigenvalue weighted by molar-refractivity contribution is 0.0605. The van der Waals surface area contributed by atoms with Crippen molar-refractivity contribution in [3.63, 3.8) is 0 Å². The molecule has 0 bridgehead atoms. The van der Waals surface area contributed by atoms with Crippen molar-refractivity contribution in [1.29, 1.82) is 0 Å². The summed E-state index contributed by atoms with van der Waals surface area (Å²) in [7, 11) is 1.37. The molecule has 0 saturated carbocycles. The molecule has 7 heteroatoms. The molecule has 0 aromatic carbocycles. The number of hydrogen-bond acceptors (Lipinski definition) is 7. The molecule has 0 amide bonds. The van der Waals surface area contributed by atoms with Crippen LogP contribution in [0.4, 0.5) is 5.13 Å². The maximum atomic E-state index is 11.5. The molecule has 0 saturated heterocycles. The fourth-order valence-corrected chi connectivity index (χ4v) is 3.15. The van der Waals surface area contributed by atoms with E-state index in [1.807, 2.05) is 5.38 Å². The lowest BCUT2D eigenvalue weighted by Gasteiger charge is -2.08. The van der Waals surface area contributed by atoms with E-state index in [0.29, 0.717) is 16.5 Å². The fourth-order valence-electron chi connectivity index (χ4n) is 1.56. The Balaban J connectivity index is 1.98. The third kappa shape index (κ3) is 3.30. The van der Waals surface area contributed by atoms with Crippen molar-refractivity contribution in [3.8, 4) is 0 Å². The first-order valence-corrected chi connectivity index (χ1v) is 7.50. The minimum atomic E-state index is -0.337. The first-order chi connectivity index (χ1) is 9.11. The topological polar surface area (TPSA) is 64.1 Å². The zero-order valence-electron chi connectivity index (χ0n) is 11.0. The molecule has 0 spiro atoms. The lowest BCUT2D eigenvalue weighted by atomic mass is 10.2. The van der Waals surface area contributed by atoms with Gasteiger partial charge in [0.25, 0.3) is 0 Å². The second kappa shape index (κ2) is 6.12. The van der Waals surface area contributed by atoms with E-state index >= 15 is 0 Å². The molecule has 2 aromatic heterocycles. The quantitative estimate of drug-likeness (QED) is 0.860. The Bertz CT molecular complexity index is 551. The van der Waals surface area contributed by atoms with Crippen LogP contribution in [0.15, 0.2) is 11.6 Å². The predicted molar refractivity (Wildman–Crippen MR) is 77.2 cm³/mol. The molecule has 0 aliphatic heterocycles. The molecule has 1 atom stereocenters. The highest BCUT2D eigenvalue weighted by atomic mass is 32.1. The second-order valence-electron chi connectivity index (χ2n) is 4.08. The molecule has 0 aliphatic rings. The lowest BCUT2D eigenvalue weighted by Crippen LogP contribution is -2.09. The largest absolute Gasteiger partial charge is 0.465 e. The van der Waals surface area contributed by atoms with Gasteiger partial charge >= 0.3 is 5.97 Å². The van der Waals surface area contributed by atoms with Gasteiger partial charge in [-0.2, -0.15) is 0 Å². The Labute approximate surface area is 119 Å². The summed E-state index contributed by atoms with van der Waals surface area (Å²) in [5.74, 6) is -0.0261. The highest BCUT2D eigenvalue weighted by Crippen LogP contribution is 2.25. The van der Waals surface area contributed by atoms with Crippen LogP contribution in [0.1, 0.15) is 33.2 Å². The average molecular weight is 297 g/mol. The summed E-state index contributed by atoms with van der Waals surface area (Å²) in [5, 5.41) is 7.04. The number of nitrogens with zero attached hydrogens (tertiary/aromatic N) is 2. The van der Waals surface area contributed by atoms with Gasteiger partial charge in [0.05, 0.1) is 17.8 Å². The van der Waals surface area contributed by atoms with E-state index in [1.54, 1.807) is 24.5 Å². The van der Waals surface area contributed by atoms with Crippen LogP contribution < -0.4 is 5.32 Å². The number of carbonyl (C=O) groups is 1. The van der Waals surface area contributed by atoms with E-state index in [9.17, 15) is 4.79 Å². The molecule has 102 valence electrons. The van der Waals surface area contributed by atoms with Gasteiger partial charge in [-0.15, -0.1) is 11.3 Å². The number of carbonyl (C=O) groups excluding carboxylic acids is 1. The average Bonchev–Trinajstić information content (AvgIpc) is 3.04. The first-order valence-electron chi connectivity index (χ1n) is 5.80. The molecule has 2 aromatic rings. The van der Waals surface area contributed by atoms with Gasteiger partial charge in [-0.1, -0.05) is 18.3 Å². The first kappa shape index (κ1) is 14.0. The van der Waals surface area contributed by atoms with Crippen LogP contribution in [-0.2, 0) is 4.74 Å². The van der Waals surface area contributed by atoms with Crippen molar-refractivity contribution in [3.05, 3.63) is 27.2 Å². The summed E-state index contributed by atoms with van der Waals surface area (Å²) in [4.78, 5) is 20.6. The Morgan fingerprint density at radius 3 is 3.00 bits per heavy atom. The predicted octanol–water partition coefficient (Wildman–Crippen LogP) is 2.91. The Morgan fingerprint density at radius 1 is 1.58 bits per heavy atom. The van der Waals surface area contributed by atoms with Gasteiger partial charge in [0.1, 0.15) is 4.88 Å². The molecule has 0 radical (unpaired) electrons. The maximum absolute atomic E-state index is 11.5. The van der Waals surface area contributed by atoms with Gasteiger partial charge in [-0.3, -0.25) is 0 Å². The number of anilines is 1. The van der Waals surface area contributed by atoms with Gasteiger partial charge in [0.15, 0.2) is 5.13 Å². The Kier molecular flexibility index (Phi) is 4.49. The number of nitrogens with one attached hydrogen (secondary N) is 1. The van der Waals surface area contributed by atoms with E-state index in [0.717, 1.165) is 16.7 Å².